The van der Waals surface area contributed by atoms with Gasteiger partial charge in [-0.1, -0.05) is 25.5 Å². The summed E-state index contributed by atoms with van der Waals surface area (Å²) < 4.78 is 5.22. The predicted molar refractivity (Wildman–Crippen MR) is 133 cm³/mol. The van der Waals surface area contributed by atoms with Crippen molar-refractivity contribution in [2.45, 2.75) is 51.6 Å². The van der Waals surface area contributed by atoms with Crippen LogP contribution in [-0.4, -0.2) is 34.1 Å². The lowest BCUT2D eigenvalue weighted by Gasteiger charge is -2.20. The molecule has 0 bridgehead atoms. The van der Waals surface area contributed by atoms with E-state index in [1.54, 1.807) is 30.6 Å². The van der Waals surface area contributed by atoms with Gasteiger partial charge in [-0.05, 0) is 68.0 Å². The molecule has 1 heterocycles. The molecule has 7 heteroatoms. The molecule has 2 aromatic carbocycles. The first-order valence-electron chi connectivity index (χ1n) is 11.8. The largest absolute Gasteiger partial charge is 0.504 e. The molecular weight excluding hydrogens is 428 g/mol. The number of methoxy groups -OCH3 is 1. The van der Waals surface area contributed by atoms with Crippen LogP contribution in [0, 0.1) is 5.92 Å². The third-order valence-electron chi connectivity index (χ3n) is 6.25. The summed E-state index contributed by atoms with van der Waals surface area (Å²) in [6, 6.07) is 13.1. The van der Waals surface area contributed by atoms with E-state index < -0.39 is 0 Å². The van der Waals surface area contributed by atoms with Crippen molar-refractivity contribution in [3.05, 3.63) is 66.0 Å². The third kappa shape index (κ3) is 5.65. The van der Waals surface area contributed by atoms with Gasteiger partial charge in [-0.15, -0.1) is 0 Å². The molecule has 2 atom stereocenters. The lowest BCUT2D eigenvalue weighted by molar-refractivity contribution is 0.0935. The molecule has 0 radical (unpaired) electrons. The summed E-state index contributed by atoms with van der Waals surface area (Å²) in [5, 5.41) is 16.5. The Bertz CT molecular complexity index is 1150. The van der Waals surface area contributed by atoms with Crippen molar-refractivity contribution in [3.63, 3.8) is 0 Å². The summed E-state index contributed by atoms with van der Waals surface area (Å²) in [6.07, 6.45) is 7.61. The van der Waals surface area contributed by atoms with Gasteiger partial charge in [0.15, 0.2) is 11.5 Å². The van der Waals surface area contributed by atoms with Crippen LogP contribution in [0.25, 0.3) is 11.3 Å². The Morgan fingerprint density at radius 1 is 1.21 bits per heavy atom. The highest BCUT2D eigenvalue weighted by Gasteiger charge is 2.29. The van der Waals surface area contributed by atoms with Gasteiger partial charge in [-0.3, -0.25) is 9.78 Å². The molecule has 3 N–H and O–H groups in total. The Balaban J connectivity index is 1.53. The minimum Gasteiger partial charge on any atom is -0.504 e. The number of carbonyl (C=O) groups is 1. The van der Waals surface area contributed by atoms with Crippen molar-refractivity contribution in [3.8, 4) is 22.8 Å². The van der Waals surface area contributed by atoms with Crippen LogP contribution in [-0.2, 0) is 0 Å². The SMILES string of the molecule is CCCC(Nc1cncc(-c2ccc(O)c(OC)c2)n1)c1cccc(C(=O)NC(C)C2CC2)c1. The van der Waals surface area contributed by atoms with Crippen molar-refractivity contribution < 1.29 is 14.6 Å². The molecule has 34 heavy (non-hydrogen) atoms. The molecule has 1 amide bonds. The molecule has 1 aliphatic rings. The summed E-state index contributed by atoms with van der Waals surface area (Å²) in [5.41, 5.74) is 3.16. The van der Waals surface area contributed by atoms with E-state index in [0.29, 0.717) is 28.7 Å². The highest BCUT2D eigenvalue weighted by Crippen LogP contribution is 2.33. The maximum Gasteiger partial charge on any atom is 0.251 e. The fourth-order valence-electron chi connectivity index (χ4n) is 4.10. The van der Waals surface area contributed by atoms with Crippen LogP contribution >= 0.6 is 0 Å². The van der Waals surface area contributed by atoms with Gasteiger partial charge in [0.2, 0.25) is 0 Å². The van der Waals surface area contributed by atoms with Crippen LogP contribution in [0.1, 0.15) is 61.5 Å². The summed E-state index contributed by atoms with van der Waals surface area (Å²) in [6.45, 7) is 4.21. The number of phenols is 1. The number of aromatic hydroxyl groups is 1. The monoisotopic (exact) mass is 460 g/mol. The van der Waals surface area contributed by atoms with E-state index >= 15 is 0 Å². The molecular formula is C27H32N4O3. The number of carbonyl (C=O) groups excluding carboxylic acids is 1. The quantitative estimate of drug-likeness (QED) is 0.378. The molecule has 1 aliphatic carbocycles. The number of aromatic nitrogens is 2. The number of nitrogens with zero attached hydrogens (tertiary/aromatic N) is 2. The highest BCUT2D eigenvalue weighted by molar-refractivity contribution is 5.94. The van der Waals surface area contributed by atoms with Crippen molar-refractivity contribution >= 4 is 11.7 Å². The smallest absolute Gasteiger partial charge is 0.251 e. The van der Waals surface area contributed by atoms with Gasteiger partial charge in [-0.25, -0.2) is 4.98 Å². The fraction of sp³-hybridized carbons (Fsp3) is 0.370. The highest BCUT2D eigenvalue weighted by atomic mass is 16.5. The Hall–Kier alpha value is -3.61. The molecule has 7 nitrogen and oxygen atoms in total. The minimum atomic E-state index is -0.0282. The lowest BCUT2D eigenvalue weighted by atomic mass is 9.99. The van der Waals surface area contributed by atoms with Crippen molar-refractivity contribution in [1.29, 1.82) is 0 Å². The summed E-state index contributed by atoms with van der Waals surface area (Å²) in [7, 11) is 1.51. The Kier molecular flexibility index (Phi) is 7.30. The van der Waals surface area contributed by atoms with E-state index in [2.05, 4.69) is 29.5 Å². The first kappa shape index (κ1) is 23.5. The molecule has 1 saturated carbocycles. The third-order valence-corrected chi connectivity index (χ3v) is 6.25. The van der Waals surface area contributed by atoms with Gasteiger partial charge in [0.1, 0.15) is 5.82 Å². The zero-order chi connectivity index (χ0) is 24.1. The van der Waals surface area contributed by atoms with Crippen LogP contribution in [0.15, 0.2) is 54.9 Å². The standard InChI is InChI=1S/C27H32N4O3/c1-4-6-22(19-7-5-8-21(13-19)27(33)29-17(2)18-9-10-18)30-26-16-28-15-23(31-26)20-11-12-24(32)25(14-20)34-3/h5,7-8,11-18,22,32H,4,6,9-10H2,1-3H3,(H,29,33)(H,30,31). The Morgan fingerprint density at radius 3 is 2.76 bits per heavy atom. The number of hydrogen-bond donors (Lipinski definition) is 3. The topological polar surface area (TPSA) is 96.4 Å². The average Bonchev–Trinajstić information content (AvgIpc) is 3.70. The Labute approximate surface area is 200 Å². The van der Waals surface area contributed by atoms with Crippen molar-refractivity contribution in [2.24, 2.45) is 5.92 Å². The second-order valence-electron chi connectivity index (χ2n) is 8.89. The van der Waals surface area contributed by atoms with E-state index in [1.165, 1.54) is 20.0 Å². The average molecular weight is 461 g/mol. The van der Waals surface area contributed by atoms with Crippen LogP contribution in [0.4, 0.5) is 5.82 Å². The van der Waals surface area contributed by atoms with Crippen molar-refractivity contribution in [2.75, 3.05) is 12.4 Å². The second kappa shape index (κ2) is 10.5. The van der Waals surface area contributed by atoms with Gasteiger partial charge in [-0.2, -0.15) is 0 Å². The summed E-state index contributed by atoms with van der Waals surface area (Å²) in [4.78, 5) is 21.9. The number of nitrogens with one attached hydrogen (secondary N) is 2. The zero-order valence-corrected chi connectivity index (χ0v) is 19.9. The first-order valence-corrected chi connectivity index (χ1v) is 11.8. The van der Waals surface area contributed by atoms with Gasteiger partial charge in [0.25, 0.3) is 5.91 Å². The van der Waals surface area contributed by atoms with E-state index in [9.17, 15) is 9.90 Å². The minimum absolute atomic E-state index is 0.0162. The zero-order valence-electron chi connectivity index (χ0n) is 19.9. The van der Waals surface area contributed by atoms with Crippen LogP contribution in [0.5, 0.6) is 11.5 Å². The molecule has 3 aromatic rings. The van der Waals surface area contributed by atoms with Gasteiger partial charge in [0.05, 0.1) is 31.2 Å². The Morgan fingerprint density at radius 2 is 2.03 bits per heavy atom. The lowest BCUT2D eigenvalue weighted by Crippen LogP contribution is -2.34. The van der Waals surface area contributed by atoms with Crippen LogP contribution < -0.4 is 15.4 Å². The predicted octanol–water partition coefficient (Wildman–Crippen LogP) is 5.34. The number of hydrogen-bond acceptors (Lipinski definition) is 6. The van der Waals surface area contributed by atoms with E-state index in [0.717, 1.165) is 24.0 Å². The molecule has 0 saturated heterocycles. The molecule has 2 unspecified atom stereocenters. The maximum atomic E-state index is 12.8. The normalized spacial score (nSPS) is 14.8. The number of phenolic OH excluding ortho intramolecular Hbond substituents is 1. The summed E-state index contributed by atoms with van der Waals surface area (Å²) >= 11 is 0. The van der Waals surface area contributed by atoms with E-state index in [4.69, 9.17) is 9.72 Å². The van der Waals surface area contributed by atoms with Gasteiger partial charge in [0, 0.05) is 17.2 Å². The summed E-state index contributed by atoms with van der Waals surface area (Å²) in [5.74, 6) is 1.68. The molecule has 1 aromatic heterocycles. The molecule has 1 fully saturated rings. The maximum absolute atomic E-state index is 12.8. The van der Waals surface area contributed by atoms with E-state index in [1.807, 2.05) is 24.3 Å². The van der Waals surface area contributed by atoms with Crippen LogP contribution in [0.3, 0.4) is 0 Å². The van der Waals surface area contributed by atoms with Crippen molar-refractivity contribution in [1.82, 2.24) is 15.3 Å². The fourth-order valence-corrected chi connectivity index (χ4v) is 4.10. The van der Waals surface area contributed by atoms with Gasteiger partial charge >= 0.3 is 0 Å². The number of rotatable bonds is 10. The van der Waals surface area contributed by atoms with Gasteiger partial charge < -0.3 is 20.5 Å². The number of amides is 1. The molecule has 4 rings (SSSR count). The van der Waals surface area contributed by atoms with E-state index in [-0.39, 0.29) is 23.7 Å². The molecule has 178 valence electrons. The second-order valence-corrected chi connectivity index (χ2v) is 8.89. The first-order chi connectivity index (χ1) is 16.5. The molecule has 0 aliphatic heterocycles. The van der Waals surface area contributed by atoms with Crippen LogP contribution in [0.2, 0.25) is 0 Å². The number of benzene rings is 2. The number of ether oxygens (including phenoxy) is 1. The number of anilines is 1. The molecule has 0 spiro atoms.